The molecule has 2 rings (SSSR count). The molecular weight excluding hydrogens is 190 g/mol. The second kappa shape index (κ2) is 4.09. The summed E-state index contributed by atoms with van der Waals surface area (Å²) in [6.45, 7) is 0. The predicted octanol–water partition coefficient (Wildman–Crippen LogP) is 2.49. The van der Waals surface area contributed by atoms with Gasteiger partial charge in [-0.15, -0.1) is 0 Å². The number of ether oxygens (including phenoxy) is 2. The van der Waals surface area contributed by atoms with Crippen molar-refractivity contribution in [3.63, 3.8) is 0 Å². The molecule has 0 unspecified atom stereocenters. The highest BCUT2D eigenvalue weighted by Gasteiger charge is 2.09. The molecule has 0 bridgehead atoms. The van der Waals surface area contributed by atoms with Crippen molar-refractivity contribution in [2.24, 2.45) is 0 Å². The third-order valence-electron chi connectivity index (χ3n) is 2.26. The first-order chi connectivity index (χ1) is 7.36. The minimum atomic E-state index is 0.740. The summed E-state index contributed by atoms with van der Waals surface area (Å²) in [4.78, 5) is 0. The second-order valence-electron chi connectivity index (χ2n) is 3.10. The normalized spacial score (nSPS) is 10.0. The zero-order chi connectivity index (χ0) is 10.7. The summed E-state index contributed by atoms with van der Waals surface area (Å²) in [5, 5.41) is 0. The molecule has 1 aromatic carbocycles. The van der Waals surface area contributed by atoms with Gasteiger partial charge in [-0.25, -0.2) is 0 Å². The lowest BCUT2D eigenvalue weighted by Gasteiger charge is -2.12. The maximum absolute atomic E-state index is 5.35. The fourth-order valence-corrected chi connectivity index (χ4v) is 1.57. The number of aromatic nitrogens is 1. The third kappa shape index (κ3) is 1.68. The molecule has 78 valence electrons. The Morgan fingerprint density at radius 2 is 1.67 bits per heavy atom. The molecule has 0 saturated carbocycles. The first kappa shape index (κ1) is 9.65. The van der Waals surface area contributed by atoms with E-state index >= 15 is 0 Å². The molecule has 0 aliphatic carbocycles. The van der Waals surface area contributed by atoms with Crippen LogP contribution in [0.15, 0.2) is 42.7 Å². The van der Waals surface area contributed by atoms with Crippen LogP contribution < -0.4 is 9.47 Å². The molecule has 3 nitrogen and oxygen atoms in total. The summed E-state index contributed by atoms with van der Waals surface area (Å²) >= 11 is 0. The molecule has 0 radical (unpaired) electrons. The highest BCUT2D eigenvalue weighted by atomic mass is 16.5. The van der Waals surface area contributed by atoms with Crippen molar-refractivity contribution in [2.45, 2.75) is 0 Å². The van der Waals surface area contributed by atoms with E-state index in [9.17, 15) is 0 Å². The zero-order valence-electron chi connectivity index (χ0n) is 8.81. The Morgan fingerprint density at radius 1 is 0.933 bits per heavy atom. The Balaban J connectivity index is 2.56. The van der Waals surface area contributed by atoms with E-state index in [-0.39, 0.29) is 0 Å². The molecule has 3 heteroatoms. The molecule has 0 atom stereocenters. The SMILES string of the molecule is COc1cccc(-n2cccc2)c1OC. The van der Waals surface area contributed by atoms with E-state index < -0.39 is 0 Å². The van der Waals surface area contributed by atoms with Crippen LogP contribution in [0.1, 0.15) is 0 Å². The lowest BCUT2D eigenvalue weighted by atomic mass is 10.2. The largest absolute Gasteiger partial charge is 0.493 e. The average Bonchev–Trinajstić information content (AvgIpc) is 2.81. The molecule has 1 aromatic heterocycles. The van der Waals surface area contributed by atoms with Gasteiger partial charge in [0, 0.05) is 12.4 Å². The minimum Gasteiger partial charge on any atom is -0.493 e. The Bertz CT molecular complexity index is 435. The van der Waals surface area contributed by atoms with Gasteiger partial charge in [-0.3, -0.25) is 0 Å². The fraction of sp³-hybridized carbons (Fsp3) is 0.167. The maximum atomic E-state index is 5.35. The van der Waals surface area contributed by atoms with E-state index in [4.69, 9.17) is 9.47 Å². The number of rotatable bonds is 3. The van der Waals surface area contributed by atoms with Gasteiger partial charge in [0.15, 0.2) is 11.5 Å². The van der Waals surface area contributed by atoms with Gasteiger partial charge < -0.3 is 14.0 Å². The minimum absolute atomic E-state index is 0.740. The molecule has 0 amide bonds. The van der Waals surface area contributed by atoms with Crippen LogP contribution in [0, 0.1) is 0 Å². The zero-order valence-corrected chi connectivity index (χ0v) is 8.81. The van der Waals surface area contributed by atoms with Crippen LogP contribution in [-0.4, -0.2) is 18.8 Å². The van der Waals surface area contributed by atoms with Crippen LogP contribution in [0.2, 0.25) is 0 Å². The van der Waals surface area contributed by atoms with Crippen molar-refractivity contribution < 1.29 is 9.47 Å². The predicted molar refractivity (Wildman–Crippen MR) is 58.9 cm³/mol. The Hall–Kier alpha value is -1.90. The van der Waals surface area contributed by atoms with Crippen LogP contribution in [-0.2, 0) is 0 Å². The molecule has 0 spiro atoms. The monoisotopic (exact) mass is 203 g/mol. The Kier molecular flexibility index (Phi) is 2.63. The highest BCUT2D eigenvalue weighted by Crippen LogP contribution is 2.33. The molecule has 0 N–H and O–H groups in total. The quantitative estimate of drug-likeness (QED) is 0.765. The standard InChI is InChI=1S/C12H13NO2/c1-14-11-7-5-6-10(12(11)15-2)13-8-3-4-9-13/h3-9H,1-2H3. The van der Waals surface area contributed by atoms with E-state index in [0.717, 1.165) is 17.2 Å². The molecule has 0 aliphatic rings. The topological polar surface area (TPSA) is 23.4 Å². The van der Waals surface area contributed by atoms with Crippen LogP contribution >= 0.6 is 0 Å². The van der Waals surface area contributed by atoms with Crippen molar-refractivity contribution in [1.29, 1.82) is 0 Å². The van der Waals surface area contributed by atoms with Crippen molar-refractivity contribution in [3.8, 4) is 17.2 Å². The molecular formula is C12H13NO2. The van der Waals surface area contributed by atoms with Crippen molar-refractivity contribution in [1.82, 2.24) is 4.57 Å². The number of methoxy groups -OCH3 is 2. The summed E-state index contributed by atoms with van der Waals surface area (Å²) in [7, 11) is 3.28. The summed E-state index contributed by atoms with van der Waals surface area (Å²) in [5.74, 6) is 1.49. The first-order valence-electron chi connectivity index (χ1n) is 4.71. The Labute approximate surface area is 88.9 Å². The summed E-state index contributed by atoms with van der Waals surface area (Å²) in [6, 6.07) is 9.75. The third-order valence-corrected chi connectivity index (χ3v) is 2.26. The molecule has 15 heavy (non-hydrogen) atoms. The van der Waals surface area contributed by atoms with Crippen LogP contribution in [0.4, 0.5) is 0 Å². The second-order valence-corrected chi connectivity index (χ2v) is 3.10. The lowest BCUT2D eigenvalue weighted by Crippen LogP contribution is -1.97. The number of benzene rings is 1. The summed E-state index contributed by atoms with van der Waals surface area (Å²) in [5.41, 5.74) is 0.974. The van der Waals surface area contributed by atoms with Crippen LogP contribution in [0.5, 0.6) is 11.5 Å². The van der Waals surface area contributed by atoms with Gasteiger partial charge in [0.05, 0.1) is 19.9 Å². The van der Waals surface area contributed by atoms with Crippen molar-refractivity contribution in [3.05, 3.63) is 42.7 Å². The van der Waals surface area contributed by atoms with Crippen molar-refractivity contribution in [2.75, 3.05) is 14.2 Å². The lowest BCUT2D eigenvalue weighted by molar-refractivity contribution is 0.354. The molecule has 0 fully saturated rings. The van der Waals surface area contributed by atoms with E-state index in [1.54, 1.807) is 14.2 Å². The van der Waals surface area contributed by atoms with E-state index in [2.05, 4.69) is 0 Å². The van der Waals surface area contributed by atoms with Gasteiger partial charge in [-0.2, -0.15) is 0 Å². The first-order valence-corrected chi connectivity index (χ1v) is 4.71. The van der Waals surface area contributed by atoms with Crippen LogP contribution in [0.25, 0.3) is 5.69 Å². The van der Waals surface area contributed by atoms with Gasteiger partial charge in [-0.1, -0.05) is 6.07 Å². The van der Waals surface area contributed by atoms with E-state index in [1.807, 2.05) is 47.3 Å². The number of para-hydroxylation sites is 1. The molecule has 2 aromatic rings. The number of hydrogen-bond acceptors (Lipinski definition) is 2. The number of nitrogens with zero attached hydrogens (tertiary/aromatic N) is 1. The van der Waals surface area contributed by atoms with Crippen molar-refractivity contribution >= 4 is 0 Å². The van der Waals surface area contributed by atoms with Crippen LogP contribution in [0.3, 0.4) is 0 Å². The highest BCUT2D eigenvalue weighted by molar-refractivity contribution is 5.55. The summed E-state index contributed by atoms with van der Waals surface area (Å²) < 4.78 is 12.6. The van der Waals surface area contributed by atoms with E-state index in [1.165, 1.54) is 0 Å². The maximum Gasteiger partial charge on any atom is 0.184 e. The molecule has 0 saturated heterocycles. The van der Waals surface area contributed by atoms with Gasteiger partial charge in [0.2, 0.25) is 0 Å². The van der Waals surface area contributed by atoms with Gasteiger partial charge in [0.1, 0.15) is 0 Å². The van der Waals surface area contributed by atoms with Gasteiger partial charge in [0.25, 0.3) is 0 Å². The molecule has 0 aliphatic heterocycles. The summed E-state index contributed by atoms with van der Waals surface area (Å²) in [6.07, 6.45) is 3.94. The molecule has 1 heterocycles. The average molecular weight is 203 g/mol. The van der Waals surface area contributed by atoms with E-state index in [0.29, 0.717) is 0 Å². The Morgan fingerprint density at radius 3 is 2.27 bits per heavy atom. The van der Waals surface area contributed by atoms with Gasteiger partial charge >= 0.3 is 0 Å². The smallest absolute Gasteiger partial charge is 0.184 e. The fourth-order valence-electron chi connectivity index (χ4n) is 1.57. The number of hydrogen-bond donors (Lipinski definition) is 0. The van der Waals surface area contributed by atoms with Gasteiger partial charge in [-0.05, 0) is 24.3 Å².